The molecule has 3 rings (SSSR count). The summed E-state index contributed by atoms with van der Waals surface area (Å²) in [4.78, 5) is 20.9. The second-order valence-electron chi connectivity index (χ2n) is 6.12. The average Bonchev–Trinajstić information content (AvgIpc) is 2.59. The molecule has 24 heavy (non-hydrogen) atoms. The summed E-state index contributed by atoms with van der Waals surface area (Å²) in [5, 5.41) is 3.31. The van der Waals surface area contributed by atoms with Crippen LogP contribution in [0.15, 0.2) is 41.0 Å². The molecule has 1 fully saturated rings. The zero-order valence-electron chi connectivity index (χ0n) is 13.9. The van der Waals surface area contributed by atoms with Gasteiger partial charge in [0.25, 0.3) is 5.91 Å². The fourth-order valence-corrected chi connectivity index (χ4v) is 2.90. The van der Waals surface area contributed by atoms with Crippen LogP contribution in [0.4, 0.5) is 11.4 Å². The van der Waals surface area contributed by atoms with Gasteiger partial charge in [0.2, 0.25) is 0 Å². The second-order valence-corrected chi connectivity index (χ2v) is 6.97. The Balaban J connectivity index is 1.66. The Kier molecular flexibility index (Phi) is 5.16. The zero-order chi connectivity index (χ0) is 17.1. The maximum absolute atomic E-state index is 12.5. The normalized spacial score (nSPS) is 15.4. The number of benzene rings is 1. The van der Waals surface area contributed by atoms with Crippen molar-refractivity contribution in [3.8, 4) is 0 Å². The van der Waals surface area contributed by atoms with Crippen LogP contribution in [0, 0.1) is 6.92 Å². The van der Waals surface area contributed by atoms with Crippen molar-refractivity contribution in [2.45, 2.75) is 6.92 Å². The van der Waals surface area contributed by atoms with Crippen LogP contribution in [-0.2, 0) is 0 Å². The molecular weight excluding hydrogens is 368 g/mol. The number of nitrogens with one attached hydrogen (secondary N) is 1. The first-order valence-corrected chi connectivity index (χ1v) is 8.79. The maximum Gasteiger partial charge on any atom is 0.272 e. The molecule has 1 aromatic heterocycles. The second kappa shape index (κ2) is 7.32. The molecule has 0 radical (unpaired) electrons. The van der Waals surface area contributed by atoms with Crippen LogP contribution in [0.3, 0.4) is 0 Å². The molecule has 0 aliphatic carbocycles. The molecule has 1 aromatic carbocycles. The first kappa shape index (κ1) is 16.9. The highest BCUT2D eigenvalue weighted by molar-refractivity contribution is 9.10. The minimum absolute atomic E-state index is 0.00846. The van der Waals surface area contributed by atoms with Crippen molar-refractivity contribution in [3.63, 3.8) is 0 Å². The maximum atomic E-state index is 12.5. The molecule has 1 aliphatic heterocycles. The summed E-state index contributed by atoms with van der Waals surface area (Å²) >= 11 is 3.50. The number of pyridine rings is 1. The SMILES string of the molecule is Cc1cc(Nc2ccc(C(=O)N3CCN(C)CC3)nc2)ccc1Br. The molecule has 0 spiro atoms. The smallest absolute Gasteiger partial charge is 0.272 e. The van der Waals surface area contributed by atoms with Crippen molar-refractivity contribution in [2.24, 2.45) is 0 Å². The lowest BCUT2D eigenvalue weighted by molar-refractivity contribution is 0.0658. The molecule has 6 heteroatoms. The van der Waals surface area contributed by atoms with Gasteiger partial charge >= 0.3 is 0 Å². The number of amides is 1. The summed E-state index contributed by atoms with van der Waals surface area (Å²) in [5.41, 5.74) is 3.52. The van der Waals surface area contributed by atoms with Gasteiger partial charge in [-0.3, -0.25) is 4.79 Å². The highest BCUT2D eigenvalue weighted by Crippen LogP contribution is 2.23. The molecule has 1 N–H and O–H groups in total. The Morgan fingerprint density at radius 3 is 2.46 bits per heavy atom. The Labute approximate surface area is 150 Å². The third-order valence-corrected chi connectivity index (χ3v) is 5.11. The number of piperazine rings is 1. The van der Waals surface area contributed by atoms with Crippen LogP contribution in [-0.4, -0.2) is 53.9 Å². The van der Waals surface area contributed by atoms with E-state index < -0.39 is 0 Å². The van der Waals surface area contributed by atoms with Crippen molar-refractivity contribution in [3.05, 3.63) is 52.3 Å². The van der Waals surface area contributed by atoms with Crippen molar-refractivity contribution >= 4 is 33.2 Å². The van der Waals surface area contributed by atoms with E-state index in [9.17, 15) is 4.79 Å². The lowest BCUT2D eigenvalue weighted by Crippen LogP contribution is -2.47. The Morgan fingerprint density at radius 2 is 1.83 bits per heavy atom. The van der Waals surface area contributed by atoms with Crippen molar-refractivity contribution in [1.82, 2.24) is 14.8 Å². The number of carbonyl (C=O) groups excluding carboxylic acids is 1. The topological polar surface area (TPSA) is 48.5 Å². The largest absolute Gasteiger partial charge is 0.354 e. The number of rotatable bonds is 3. The van der Waals surface area contributed by atoms with E-state index in [2.05, 4.69) is 44.2 Å². The lowest BCUT2D eigenvalue weighted by Gasteiger charge is -2.32. The van der Waals surface area contributed by atoms with Gasteiger partial charge in [-0.25, -0.2) is 4.98 Å². The first-order chi connectivity index (χ1) is 11.5. The molecule has 5 nitrogen and oxygen atoms in total. The molecular formula is C18H21BrN4O. The van der Waals surface area contributed by atoms with Crippen molar-refractivity contribution in [1.29, 1.82) is 0 Å². The van der Waals surface area contributed by atoms with Gasteiger partial charge in [-0.1, -0.05) is 15.9 Å². The summed E-state index contributed by atoms with van der Waals surface area (Å²) < 4.78 is 1.08. The van der Waals surface area contributed by atoms with Gasteiger partial charge in [-0.05, 0) is 49.9 Å². The minimum atomic E-state index is 0.00846. The van der Waals surface area contributed by atoms with E-state index in [1.54, 1.807) is 12.3 Å². The van der Waals surface area contributed by atoms with E-state index in [1.807, 2.05) is 30.0 Å². The van der Waals surface area contributed by atoms with Gasteiger partial charge < -0.3 is 15.1 Å². The molecule has 126 valence electrons. The number of aromatic nitrogens is 1. The quantitative estimate of drug-likeness (QED) is 0.876. The average molecular weight is 389 g/mol. The van der Waals surface area contributed by atoms with E-state index in [0.29, 0.717) is 5.69 Å². The van der Waals surface area contributed by atoms with E-state index in [0.717, 1.165) is 47.6 Å². The van der Waals surface area contributed by atoms with Gasteiger partial charge in [-0.2, -0.15) is 0 Å². The van der Waals surface area contributed by atoms with Gasteiger partial charge in [0.1, 0.15) is 5.69 Å². The van der Waals surface area contributed by atoms with Gasteiger partial charge in [-0.15, -0.1) is 0 Å². The fraction of sp³-hybridized carbons (Fsp3) is 0.333. The van der Waals surface area contributed by atoms with Gasteiger partial charge in [0, 0.05) is 36.3 Å². The molecule has 2 aromatic rings. The summed E-state index contributed by atoms with van der Waals surface area (Å²) in [6.45, 7) is 5.39. The molecule has 0 saturated carbocycles. The summed E-state index contributed by atoms with van der Waals surface area (Å²) in [6, 6.07) is 9.76. The fourth-order valence-electron chi connectivity index (χ4n) is 2.65. The Bertz CT molecular complexity index is 724. The number of nitrogens with zero attached hydrogens (tertiary/aromatic N) is 3. The Hall–Kier alpha value is -1.92. The molecule has 0 unspecified atom stereocenters. The minimum Gasteiger partial charge on any atom is -0.354 e. The third kappa shape index (κ3) is 3.94. The highest BCUT2D eigenvalue weighted by Gasteiger charge is 2.21. The number of hydrogen-bond acceptors (Lipinski definition) is 4. The van der Waals surface area contributed by atoms with Crippen LogP contribution in [0.25, 0.3) is 0 Å². The summed E-state index contributed by atoms with van der Waals surface area (Å²) in [7, 11) is 2.07. The molecule has 0 atom stereocenters. The van der Waals surface area contributed by atoms with E-state index in [1.165, 1.54) is 0 Å². The van der Waals surface area contributed by atoms with Crippen molar-refractivity contribution in [2.75, 3.05) is 38.5 Å². The number of aryl methyl sites for hydroxylation is 1. The predicted molar refractivity (Wildman–Crippen MR) is 99.8 cm³/mol. The monoisotopic (exact) mass is 388 g/mol. The van der Waals surface area contributed by atoms with Crippen molar-refractivity contribution < 1.29 is 4.79 Å². The lowest BCUT2D eigenvalue weighted by atomic mass is 10.2. The van der Waals surface area contributed by atoms with E-state index in [-0.39, 0.29) is 5.91 Å². The third-order valence-electron chi connectivity index (χ3n) is 4.22. The van der Waals surface area contributed by atoms with E-state index >= 15 is 0 Å². The Morgan fingerprint density at radius 1 is 1.12 bits per heavy atom. The summed E-state index contributed by atoms with van der Waals surface area (Å²) in [6.07, 6.45) is 1.71. The number of anilines is 2. The molecule has 0 bridgehead atoms. The van der Waals surface area contributed by atoms with Crippen LogP contribution >= 0.6 is 15.9 Å². The molecule has 1 amide bonds. The molecule has 1 saturated heterocycles. The van der Waals surface area contributed by atoms with Gasteiger partial charge in [0.05, 0.1) is 11.9 Å². The zero-order valence-corrected chi connectivity index (χ0v) is 15.5. The number of carbonyl (C=O) groups is 1. The van der Waals surface area contributed by atoms with Crippen LogP contribution < -0.4 is 5.32 Å². The molecule has 1 aliphatic rings. The number of hydrogen-bond donors (Lipinski definition) is 1. The molecule has 2 heterocycles. The summed E-state index contributed by atoms with van der Waals surface area (Å²) in [5.74, 6) is 0.00846. The number of likely N-dealkylation sites (N-methyl/N-ethyl adjacent to an activating group) is 1. The predicted octanol–water partition coefficient (Wildman–Crippen LogP) is 3.28. The highest BCUT2D eigenvalue weighted by atomic mass is 79.9. The first-order valence-electron chi connectivity index (χ1n) is 8.00. The standard InChI is InChI=1S/C18H21BrN4O/c1-13-11-14(3-5-16(13)19)21-15-4-6-17(20-12-15)18(24)23-9-7-22(2)8-10-23/h3-6,11-12,21H,7-10H2,1-2H3. The van der Waals surface area contributed by atoms with Gasteiger partial charge in [0.15, 0.2) is 0 Å². The number of halogens is 1. The van der Waals surface area contributed by atoms with Crippen LogP contribution in [0.2, 0.25) is 0 Å². The van der Waals surface area contributed by atoms with Crippen LogP contribution in [0.1, 0.15) is 16.1 Å². The van der Waals surface area contributed by atoms with Crippen LogP contribution in [0.5, 0.6) is 0 Å². The van der Waals surface area contributed by atoms with E-state index in [4.69, 9.17) is 0 Å².